The highest BCUT2D eigenvalue weighted by Crippen LogP contribution is 2.52. The number of carbonyl (C=O) groups excluding carboxylic acids is 1. The van der Waals surface area contributed by atoms with Gasteiger partial charge in [0.25, 0.3) is 0 Å². The number of esters is 1. The van der Waals surface area contributed by atoms with E-state index in [4.69, 9.17) is 9.47 Å². The number of fused-ring (bicyclic) bond motifs is 1. The number of rotatable bonds is 4. The molecular weight excluding hydrogens is 300 g/mol. The molecule has 1 saturated carbocycles. The minimum Gasteiger partial charge on any atom is -0.465 e. The highest BCUT2D eigenvalue weighted by molar-refractivity contribution is 5.81. The quantitative estimate of drug-likeness (QED) is 0.613. The summed E-state index contributed by atoms with van der Waals surface area (Å²) in [7, 11) is 0. The summed E-state index contributed by atoms with van der Waals surface area (Å²) >= 11 is 0. The first-order chi connectivity index (χ1) is 11.7. The Kier molecular flexibility index (Phi) is 3.64. The molecule has 2 unspecified atom stereocenters. The number of hydrogen-bond donors (Lipinski definition) is 0. The van der Waals surface area contributed by atoms with Crippen molar-refractivity contribution in [3.63, 3.8) is 0 Å². The molecule has 2 atom stereocenters. The van der Waals surface area contributed by atoms with E-state index in [-0.39, 0.29) is 11.9 Å². The highest BCUT2D eigenvalue weighted by atomic mass is 16.5. The predicted molar refractivity (Wildman–Crippen MR) is 91.9 cm³/mol. The van der Waals surface area contributed by atoms with Crippen molar-refractivity contribution in [2.45, 2.75) is 19.3 Å². The molecule has 1 aliphatic carbocycles. The first-order valence-electron chi connectivity index (χ1n) is 8.31. The molecule has 2 aromatic rings. The summed E-state index contributed by atoms with van der Waals surface area (Å²) in [5.41, 5.74) is 1.83. The zero-order chi connectivity index (χ0) is 16.6. The van der Waals surface area contributed by atoms with Crippen molar-refractivity contribution >= 4 is 5.97 Å². The van der Waals surface area contributed by atoms with E-state index < -0.39 is 5.41 Å². The van der Waals surface area contributed by atoms with Gasteiger partial charge in [0.05, 0.1) is 12.0 Å². The summed E-state index contributed by atoms with van der Waals surface area (Å²) in [6.07, 6.45) is 2.31. The largest absolute Gasteiger partial charge is 0.465 e. The van der Waals surface area contributed by atoms with Gasteiger partial charge in [-0.2, -0.15) is 0 Å². The molecule has 1 heterocycles. The van der Waals surface area contributed by atoms with E-state index in [1.165, 1.54) is 0 Å². The molecule has 0 radical (unpaired) electrons. The molecule has 2 aliphatic rings. The molecule has 0 spiro atoms. The van der Waals surface area contributed by atoms with Crippen molar-refractivity contribution in [3.8, 4) is 11.5 Å². The SMILES string of the molecule is C=C1CC2COC(=O)C2(Cc2cccc(Oc3ccccc3)c2)C1. The van der Waals surface area contributed by atoms with Crippen molar-refractivity contribution in [1.29, 1.82) is 0 Å². The van der Waals surface area contributed by atoms with Crippen molar-refractivity contribution in [3.05, 3.63) is 72.3 Å². The first kappa shape index (κ1) is 15.0. The van der Waals surface area contributed by atoms with Crippen LogP contribution in [-0.2, 0) is 16.0 Å². The summed E-state index contributed by atoms with van der Waals surface area (Å²) in [4.78, 5) is 12.4. The molecular formula is C21H20O3. The van der Waals surface area contributed by atoms with Crippen LogP contribution in [0.3, 0.4) is 0 Å². The summed E-state index contributed by atoms with van der Waals surface area (Å²) in [6, 6.07) is 17.7. The van der Waals surface area contributed by atoms with Crippen LogP contribution in [-0.4, -0.2) is 12.6 Å². The van der Waals surface area contributed by atoms with Gasteiger partial charge in [-0.1, -0.05) is 42.5 Å². The van der Waals surface area contributed by atoms with Gasteiger partial charge in [0.15, 0.2) is 0 Å². The van der Waals surface area contributed by atoms with Gasteiger partial charge in [0.2, 0.25) is 0 Å². The summed E-state index contributed by atoms with van der Waals surface area (Å²) in [5, 5.41) is 0. The van der Waals surface area contributed by atoms with Gasteiger partial charge in [-0.3, -0.25) is 4.79 Å². The van der Waals surface area contributed by atoms with Gasteiger partial charge in [-0.25, -0.2) is 0 Å². The van der Waals surface area contributed by atoms with E-state index in [1.54, 1.807) is 0 Å². The third-order valence-electron chi connectivity index (χ3n) is 5.10. The van der Waals surface area contributed by atoms with E-state index in [9.17, 15) is 4.79 Å². The lowest BCUT2D eigenvalue weighted by molar-refractivity contribution is -0.146. The van der Waals surface area contributed by atoms with Crippen molar-refractivity contribution < 1.29 is 14.3 Å². The molecule has 24 heavy (non-hydrogen) atoms. The molecule has 1 saturated heterocycles. The Morgan fingerprint density at radius 2 is 1.92 bits per heavy atom. The maximum atomic E-state index is 12.4. The Morgan fingerprint density at radius 1 is 1.12 bits per heavy atom. The third kappa shape index (κ3) is 2.60. The van der Waals surface area contributed by atoms with E-state index in [1.807, 2.05) is 48.5 Å². The van der Waals surface area contributed by atoms with Gasteiger partial charge >= 0.3 is 5.97 Å². The van der Waals surface area contributed by atoms with Crippen LogP contribution in [0, 0.1) is 11.3 Å². The maximum Gasteiger partial charge on any atom is 0.313 e. The van der Waals surface area contributed by atoms with Crippen molar-refractivity contribution in [1.82, 2.24) is 0 Å². The normalized spacial score (nSPS) is 25.4. The van der Waals surface area contributed by atoms with Crippen LogP contribution >= 0.6 is 0 Å². The lowest BCUT2D eigenvalue weighted by Gasteiger charge is -2.24. The molecule has 0 N–H and O–H groups in total. The van der Waals surface area contributed by atoms with Gasteiger partial charge < -0.3 is 9.47 Å². The Hall–Kier alpha value is -2.55. The Bertz CT molecular complexity index is 781. The smallest absolute Gasteiger partial charge is 0.313 e. The van der Waals surface area contributed by atoms with Crippen LogP contribution in [0.2, 0.25) is 0 Å². The maximum absolute atomic E-state index is 12.4. The first-order valence-corrected chi connectivity index (χ1v) is 8.31. The fraction of sp³-hybridized carbons (Fsp3) is 0.286. The van der Waals surface area contributed by atoms with Crippen LogP contribution in [0.1, 0.15) is 18.4 Å². The minimum absolute atomic E-state index is 0.0690. The number of ether oxygens (including phenoxy) is 2. The van der Waals surface area contributed by atoms with Gasteiger partial charge in [0, 0.05) is 5.92 Å². The second-order valence-electron chi connectivity index (χ2n) is 6.82. The van der Waals surface area contributed by atoms with E-state index in [0.29, 0.717) is 13.0 Å². The third-order valence-corrected chi connectivity index (χ3v) is 5.10. The van der Waals surface area contributed by atoms with Gasteiger partial charge in [-0.15, -0.1) is 0 Å². The van der Waals surface area contributed by atoms with Crippen molar-refractivity contribution in [2.75, 3.05) is 6.61 Å². The highest BCUT2D eigenvalue weighted by Gasteiger charge is 2.55. The van der Waals surface area contributed by atoms with E-state index >= 15 is 0 Å². The minimum atomic E-state index is -0.428. The molecule has 0 aromatic heterocycles. The fourth-order valence-corrected chi connectivity index (χ4v) is 3.97. The number of cyclic esters (lactones) is 1. The molecule has 4 rings (SSSR count). The zero-order valence-electron chi connectivity index (χ0n) is 13.5. The second kappa shape index (κ2) is 5.82. The van der Waals surface area contributed by atoms with E-state index in [2.05, 4.69) is 12.6 Å². The summed E-state index contributed by atoms with van der Waals surface area (Å²) < 4.78 is 11.3. The van der Waals surface area contributed by atoms with Gasteiger partial charge in [-0.05, 0) is 49.1 Å². The number of allylic oxidation sites excluding steroid dienone is 1. The zero-order valence-corrected chi connectivity index (χ0v) is 13.5. The summed E-state index contributed by atoms with van der Waals surface area (Å²) in [5.74, 6) is 1.78. The molecule has 3 heteroatoms. The fourth-order valence-electron chi connectivity index (χ4n) is 3.97. The van der Waals surface area contributed by atoms with Crippen LogP contribution in [0.4, 0.5) is 0 Å². The number of para-hydroxylation sites is 1. The average Bonchev–Trinajstić information content (AvgIpc) is 3.04. The summed E-state index contributed by atoms with van der Waals surface area (Å²) in [6.45, 7) is 4.62. The van der Waals surface area contributed by atoms with Crippen LogP contribution in [0.5, 0.6) is 11.5 Å². The lowest BCUT2D eigenvalue weighted by Crippen LogP contribution is -2.31. The average molecular weight is 320 g/mol. The number of carbonyl (C=O) groups is 1. The topological polar surface area (TPSA) is 35.5 Å². The Balaban J connectivity index is 1.58. The predicted octanol–water partition coefficient (Wildman–Crippen LogP) is 4.53. The standard InChI is InChI=1S/C21H20O3/c1-15-10-17-14-23-20(22)21(17,12-15)13-16-6-5-9-19(11-16)24-18-7-3-2-4-8-18/h2-9,11,17H,1,10,12-14H2. The van der Waals surface area contributed by atoms with E-state index in [0.717, 1.165) is 35.5 Å². The van der Waals surface area contributed by atoms with Crippen LogP contribution in [0.15, 0.2) is 66.7 Å². The molecule has 2 aromatic carbocycles. The molecule has 122 valence electrons. The Morgan fingerprint density at radius 3 is 2.75 bits per heavy atom. The van der Waals surface area contributed by atoms with Crippen LogP contribution < -0.4 is 4.74 Å². The molecule has 0 bridgehead atoms. The second-order valence-corrected chi connectivity index (χ2v) is 6.82. The number of benzene rings is 2. The van der Waals surface area contributed by atoms with Crippen LogP contribution in [0.25, 0.3) is 0 Å². The van der Waals surface area contributed by atoms with Crippen molar-refractivity contribution in [2.24, 2.45) is 11.3 Å². The van der Waals surface area contributed by atoms with Gasteiger partial charge in [0.1, 0.15) is 11.5 Å². The lowest BCUT2D eigenvalue weighted by atomic mass is 9.75. The molecule has 3 nitrogen and oxygen atoms in total. The molecule has 1 aliphatic heterocycles. The Labute approximate surface area is 141 Å². The monoisotopic (exact) mass is 320 g/mol. The molecule has 2 fully saturated rings. The number of hydrogen-bond acceptors (Lipinski definition) is 3. The molecule has 0 amide bonds.